The molecule has 1 aliphatic heterocycles. The summed E-state index contributed by atoms with van der Waals surface area (Å²) in [4.78, 5) is 27.2. The van der Waals surface area contributed by atoms with Crippen LogP contribution in [0.25, 0.3) is 6.08 Å². The van der Waals surface area contributed by atoms with Crippen molar-refractivity contribution in [2.45, 2.75) is 6.92 Å². The molecule has 0 saturated carbocycles. The molecule has 7 heteroatoms. The van der Waals surface area contributed by atoms with Gasteiger partial charge in [0.2, 0.25) is 5.90 Å². The molecule has 0 saturated heterocycles. The molecule has 126 valence electrons. The van der Waals surface area contributed by atoms with Crippen LogP contribution in [0.1, 0.15) is 18.1 Å². The number of ether oxygens (including phenoxy) is 2. The number of hydrogen-bond acceptors (Lipinski definition) is 5. The highest BCUT2D eigenvalue weighted by Gasteiger charge is 2.24. The number of halogens is 2. The third-order valence-electron chi connectivity index (χ3n) is 3.21. The van der Waals surface area contributed by atoms with Gasteiger partial charge in [0, 0.05) is 12.5 Å². The monoisotopic (exact) mass is 375 g/mol. The second-order valence-electron chi connectivity index (χ2n) is 5.13. The van der Waals surface area contributed by atoms with Crippen LogP contribution >= 0.6 is 23.2 Å². The molecule has 25 heavy (non-hydrogen) atoms. The highest BCUT2D eigenvalue weighted by Crippen LogP contribution is 2.26. The maximum Gasteiger partial charge on any atom is 0.363 e. The number of cyclic esters (lactones) is 1. The number of benzene rings is 2. The van der Waals surface area contributed by atoms with E-state index in [2.05, 4.69) is 4.99 Å². The van der Waals surface area contributed by atoms with Crippen LogP contribution < -0.4 is 4.74 Å². The number of carbonyl (C=O) groups excluding carboxylic acids is 2. The molecule has 0 radical (unpaired) electrons. The molecule has 0 fully saturated rings. The van der Waals surface area contributed by atoms with Gasteiger partial charge in [-0.05, 0) is 42.0 Å². The van der Waals surface area contributed by atoms with E-state index in [0.29, 0.717) is 26.9 Å². The zero-order valence-corrected chi connectivity index (χ0v) is 14.5. The fourth-order valence-corrected chi connectivity index (χ4v) is 2.45. The first-order valence-corrected chi connectivity index (χ1v) is 7.94. The Bertz CT molecular complexity index is 934. The Kier molecular flexibility index (Phi) is 4.88. The van der Waals surface area contributed by atoms with Gasteiger partial charge >= 0.3 is 11.9 Å². The molecule has 0 amide bonds. The summed E-state index contributed by atoms with van der Waals surface area (Å²) in [5, 5.41) is 0.734. The van der Waals surface area contributed by atoms with Crippen LogP contribution in [-0.4, -0.2) is 17.8 Å². The molecule has 0 bridgehead atoms. The van der Waals surface area contributed by atoms with E-state index < -0.39 is 11.9 Å². The normalized spacial score (nSPS) is 15.1. The van der Waals surface area contributed by atoms with Crippen molar-refractivity contribution >= 4 is 47.1 Å². The summed E-state index contributed by atoms with van der Waals surface area (Å²) in [5.41, 5.74) is 1.31. The molecule has 2 aromatic rings. The first-order chi connectivity index (χ1) is 11.9. The minimum absolute atomic E-state index is 0.126. The van der Waals surface area contributed by atoms with Crippen molar-refractivity contribution in [2.75, 3.05) is 0 Å². The lowest BCUT2D eigenvalue weighted by molar-refractivity contribution is -0.132. The molecule has 5 nitrogen and oxygen atoms in total. The smallest absolute Gasteiger partial charge is 0.363 e. The van der Waals surface area contributed by atoms with Crippen molar-refractivity contribution in [3.63, 3.8) is 0 Å². The Labute approximate surface area is 153 Å². The maximum atomic E-state index is 12.0. The van der Waals surface area contributed by atoms with Gasteiger partial charge in [-0.1, -0.05) is 35.3 Å². The van der Waals surface area contributed by atoms with Crippen molar-refractivity contribution in [1.29, 1.82) is 0 Å². The van der Waals surface area contributed by atoms with E-state index in [-0.39, 0.29) is 11.6 Å². The Hall–Kier alpha value is -2.63. The predicted molar refractivity (Wildman–Crippen MR) is 94.8 cm³/mol. The van der Waals surface area contributed by atoms with Gasteiger partial charge in [-0.3, -0.25) is 4.79 Å². The molecule has 1 aliphatic rings. The van der Waals surface area contributed by atoms with Crippen molar-refractivity contribution in [1.82, 2.24) is 0 Å². The van der Waals surface area contributed by atoms with E-state index in [1.54, 1.807) is 48.5 Å². The molecule has 0 atom stereocenters. The number of aliphatic imine (C=N–C) groups is 1. The lowest BCUT2D eigenvalue weighted by Gasteiger charge is -2.01. The molecular weight excluding hydrogens is 365 g/mol. The van der Waals surface area contributed by atoms with Gasteiger partial charge in [-0.25, -0.2) is 9.79 Å². The summed E-state index contributed by atoms with van der Waals surface area (Å²) in [6.45, 7) is 1.31. The van der Waals surface area contributed by atoms with Crippen molar-refractivity contribution in [2.24, 2.45) is 4.99 Å². The zero-order valence-electron chi connectivity index (χ0n) is 13.0. The van der Waals surface area contributed by atoms with Gasteiger partial charge in [-0.15, -0.1) is 0 Å². The highest BCUT2D eigenvalue weighted by molar-refractivity contribution is 6.42. The largest absolute Gasteiger partial charge is 0.427 e. The van der Waals surface area contributed by atoms with E-state index in [9.17, 15) is 9.59 Å². The first kappa shape index (κ1) is 17.2. The average Bonchev–Trinajstić information content (AvgIpc) is 2.91. The molecule has 0 unspecified atom stereocenters. The molecule has 1 heterocycles. The molecule has 3 rings (SSSR count). The van der Waals surface area contributed by atoms with Gasteiger partial charge in [0.1, 0.15) is 5.75 Å². The lowest BCUT2D eigenvalue weighted by Crippen LogP contribution is -2.05. The first-order valence-electron chi connectivity index (χ1n) is 7.19. The van der Waals surface area contributed by atoms with Gasteiger partial charge in [0.05, 0.1) is 10.0 Å². The van der Waals surface area contributed by atoms with Crippen LogP contribution in [0, 0.1) is 0 Å². The minimum Gasteiger partial charge on any atom is -0.427 e. The van der Waals surface area contributed by atoms with Crippen molar-refractivity contribution in [3.05, 3.63) is 69.3 Å². The Morgan fingerprint density at radius 2 is 1.96 bits per heavy atom. The molecule has 0 N–H and O–H groups in total. The van der Waals surface area contributed by atoms with Crippen LogP contribution in [-0.2, 0) is 14.3 Å². The van der Waals surface area contributed by atoms with E-state index in [1.165, 1.54) is 6.92 Å². The highest BCUT2D eigenvalue weighted by atomic mass is 35.5. The van der Waals surface area contributed by atoms with Crippen molar-refractivity contribution in [3.8, 4) is 5.75 Å². The summed E-state index contributed by atoms with van der Waals surface area (Å²) in [5.74, 6) is -0.489. The minimum atomic E-state index is -0.584. The molecule has 0 aliphatic carbocycles. The van der Waals surface area contributed by atoms with Crippen LogP contribution in [0.2, 0.25) is 10.0 Å². The Balaban J connectivity index is 1.90. The van der Waals surface area contributed by atoms with E-state index in [4.69, 9.17) is 32.7 Å². The number of rotatable bonds is 3. The summed E-state index contributed by atoms with van der Waals surface area (Å²) in [6, 6.07) is 11.5. The summed E-state index contributed by atoms with van der Waals surface area (Å²) in [7, 11) is 0. The number of esters is 2. The number of hydrogen-bond donors (Lipinski definition) is 0. The van der Waals surface area contributed by atoms with Crippen LogP contribution in [0.15, 0.2) is 53.2 Å². The summed E-state index contributed by atoms with van der Waals surface area (Å²) >= 11 is 11.8. The fraction of sp³-hybridized carbons (Fsp3) is 0.0556. The third kappa shape index (κ3) is 4.07. The second kappa shape index (κ2) is 7.09. The molecule has 0 spiro atoms. The maximum absolute atomic E-state index is 12.0. The third-order valence-corrected chi connectivity index (χ3v) is 3.95. The molecule has 2 aromatic carbocycles. The van der Waals surface area contributed by atoms with Gasteiger partial charge in [-0.2, -0.15) is 0 Å². The SMILES string of the molecule is CC(=O)Oc1cccc(C=C2N=C(c3ccc(Cl)c(Cl)c3)OC2=O)c1. The number of carbonyl (C=O) groups is 2. The lowest BCUT2D eigenvalue weighted by atomic mass is 10.2. The predicted octanol–water partition coefficient (Wildman–Crippen LogP) is 4.26. The van der Waals surface area contributed by atoms with E-state index in [1.807, 2.05) is 0 Å². The fourth-order valence-electron chi connectivity index (χ4n) is 2.15. The second-order valence-corrected chi connectivity index (χ2v) is 5.95. The van der Waals surface area contributed by atoms with Gasteiger partial charge in [0.25, 0.3) is 0 Å². The van der Waals surface area contributed by atoms with Gasteiger partial charge < -0.3 is 9.47 Å². The van der Waals surface area contributed by atoms with E-state index >= 15 is 0 Å². The molecular formula is C18H11Cl2NO4. The average molecular weight is 376 g/mol. The van der Waals surface area contributed by atoms with Crippen molar-refractivity contribution < 1.29 is 19.1 Å². The van der Waals surface area contributed by atoms with Crippen LogP contribution in [0.3, 0.4) is 0 Å². The molecule has 0 aromatic heterocycles. The van der Waals surface area contributed by atoms with E-state index in [0.717, 1.165) is 0 Å². The quantitative estimate of drug-likeness (QED) is 0.456. The Morgan fingerprint density at radius 3 is 2.68 bits per heavy atom. The zero-order chi connectivity index (χ0) is 18.0. The standard InChI is InChI=1S/C18H11Cl2NO4/c1-10(22)24-13-4-2-3-11(7-13)8-16-18(23)25-17(21-16)12-5-6-14(19)15(20)9-12/h2-9H,1H3. The number of nitrogens with zero attached hydrogens (tertiary/aromatic N) is 1. The Morgan fingerprint density at radius 1 is 1.16 bits per heavy atom. The summed E-state index contributed by atoms with van der Waals surface area (Å²) < 4.78 is 10.2. The van der Waals surface area contributed by atoms with Crippen LogP contribution in [0.4, 0.5) is 0 Å². The van der Waals surface area contributed by atoms with Gasteiger partial charge in [0.15, 0.2) is 5.70 Å². The summed E-state index contributed by atoms with van der Waals surface area (Å²) in [6.07, 6.45) is 1.54. The van der Waals surface area contributed by atoms with Crippen LogP contribution in [0.5, 0.6) is 5.75 Å². The topological polar surface area (TPSA) is 65.0 Å².